The van der Waals surface area contributed by atoms with Gasteiger partial charge in [-0.3, -0.25) is 4.98 Å². The first kappa shape index (κ1) is 14.5. The second-order valence-electron chi connectivity index (χ2n) is 6.63. The molecule has 0 saturated heterocycles. The lowest BCUT2D eigenvalue weighted by Crippen LogP contribution is -2.33. The van der Waals surface area contributed by atoms with Crippen LogP contribution in [0, 0.1) is 5.92 Å². The molecule has 1 aliphatic carbocycles. The molecule has 3 rings (SSSR count). The Labute approximate surface area is 128 Å². The van der Waals surface area contributed by atoms with E-state index in [1.54, 1.807) is 0 Å². The SMILES string of the molecule is CC(C)NCC1CCCCC1c1cccc2ncccc12. The first-order valence-corrected chi connectivity index (χ1v) is 8.32. The molecule has 0 radical (unpaired) electrons. The van der Waals surface area contributed by atoms with Crippen molar-refractivity contribution in [3.8, 4) is 0 Å². The van der Waals surface area contributed by atoms with Gasteiger partial charge in [0, 0.05) is 17.6 Å². The molecule has 1 aromatic heterocycles. The minimum absolute atomic E-state index is 0.571. The van der Waals surface area contributed by atoms with E-state index >= 15 is 0 Å². The van der Waals surface area contributed by atoms with E-state index < -0.39 is 0 Å². The van der Waals surface area contributed by atoms with Gasteiger partial charge < -0.3 is 5.32 Å². The van der Waals surface area contributed by atoms with Gasteiger partial charge in [0.15, 0.2) is 0 Å². The molecule has 1 aromatic carbocycles. The second-order valence-corrected chi connectivity index (χ2v) is 6.63. The van der Waals surface area contributed by atoms with Crippen LogP contribution in [-0.4, -0.2) is 17.6 Å². The summed E-state index contributed by atoms with van der Waals surface area (Å²) in [5.41, 5.74) is 2.65. The largest absolute Gasteiger partial charge is 0.314 e. The number of hydrogen-bond donors (Lipinski definition) is 1. The third-order valence-corrected chi connectivity index (χ3v) is 4.78. The van der Waals surface area contributed by atoms with Gasteiger partial charge in [-0.25, -0.2) is 0 Å². The summed E-state index contributed by atoms with van der Waals surface area (Å²) in [4.78, 5) is 4.52. The summed E-state index contributed by atoms with van der Waals surface area (Å²) in [5, 5.41) is 5.00. The third-order valence-electron chi connectivity index (χ3n) is 4.78. The van der Waals surface area contributed by atoms with E-state index in [0.717, 1.165) is 18.0 Å². The van der Waals surface area contributed by atoms with E-state index in [-0.39, 0.29) is 0 Å². The molecule has 1 fully saturated rings. The van der Waals surface area contributed by atoms with Crippen molar-refractivity contribution in [2.24, 2.45) is 5.92 Å². The van der Waals surface area contributed by atoms with E-state index in [0.29, 0.717) is 12.0 Å². The first-order chi connectivity index (χ1) is 10.3. The van der Waals surface area contributed by atoms with Crippen molar-refractivity contribution in [3.05, 3.63) is 42.1 Å². The van der Waals surface area contributed by atoms with Crippen LogP contribution in [0.5, 0.6) is 0 Å². The summed E-state index contributed by atoms with van der Waals surface area (Å²) in [6.07, 6.45) is 7.30. The highest BCUT2D eigenvalue weighted by Crippen LogP contribution is 2.39. The zero-order valence-corrected chi connectivity index (χ0v) is 13.2. The smallest absolute Gasteiger partial charge is 0.0704 e. The molecule has 2 unspecified atom stereocenters. The fraction of sp³-hybridized carbons (Fsp3) is 0.526. The van der Waals surface area contributed by atoms with E-state index in [2.05, 4.69) is 54.5 Å². The maximum atomic E-state index is 4.52. The molecular formula is C19H26N2. The van der Waals surface area contributed by atoms with Crippen LogP contribution in [0.25, 0.3) is 10.9 Å². The van der Waals surface area contributed by atoms with Crippen LogP contribution >= 0.6 is 0 Å². The van der Waals surface area contributed by atoms with Gasteiger partial charge in [-0.2, -0.15) is 0 Å². The van der Waals surface area contributed by atoms with Crippen molar-refractivity contribution < 1.29 is 0 Å². The molecule has 2 atom stereocenters. The molecule has 1 aliphatic rings. The topological polar surface area (TPSA) is 24.9 Å². The Kier molecular flexibility index (Phi) is 4.54. The Morgan fingerprint density at radius 1 is 1.14 bits per heavy atom. The van der Waals surface area contributed by atoms with Gasteiger partial charge in [-0.05, 0) is 48.9 Å². The molecule has 112 valence electrons. The van der Waals surface area contributed by atoms with E-state index in [1.165, 1.54) is 36.6 Å². The van der Waals surface area contributed by atoms with Gasteiger partial charge in [0.2, 0.25) is 0 Å². The van der Waals surface area contributed by atoms with Gasteiger partial charge >= 0.3 is 0 Å². The standard InChI is InChI=1S/C19H26N2/c1-14(2)21-13-15-7-3-4-8-16(15)17-9-5-11-19-18(17)10-6-12-20-19/h5-6,9-12,14-16,21H,3-4,7-8,13H2,1-2H3. The molecule has 1 heterocycles. The molecule has 1 N–H and O–H groups in total. The van der Waals surface area contributed by atoms with Crippen LogP contribution in [0.15, 0.2) is 36.5 Å². The average molecular weight is 282 g/mol. The van der Waals surface area contributed by atoms with Crippen molar-refractivity contribution in [2.45, 2.75) is 51.5 Å². The van der Waals surface area contributed by atoms with E-state index in [1.807, 2.05) is 6.20 Å². The highest BCUT2D eigenvalue weighted by Gasteiger charge is 2.27. The number of nitrogens with zero attached hydrogens (tertiary/aromatic N) is 1. The summed E-state index contributed by atoms with van der Waals surface area (Å²) >= 11 is 0. The van der Waals surface area contributed by atoms with Crippen LogP contribution in [0.2, 0.25) is 0 Å². The number of nitrogens with one attached hydrogen (secondary N) is 1. The Morgan fingerprint density at radius 3 is 2.86 bits per heavy atom. The van der Waals surface area contributed by atoms with Crippen LogP contribution < -0.4 is 5.32 Å². The fourth-order valence-electron chi connectivity index (χ4n) is 3.70. The van der Waals surface area contributed by atoms with Crippen molar-refractivity contribution in [1.29, 1.82) is 0 Å². The molecule has 2 heteroatoms. The lowest BCUT2D eigenvalue weighted by Gasteiger charge is -2.33. The monoisotopic (exact) mass is 282 g/mol. The quantitative estimate of drug-likeness (QED) is 0.892. The molecule has 21 heavy (non-hydrogen) atoms. The Hall–Kier alpha value is -1.41. The Morgan fingerprint density at radius 2 is 2.00 bits per heavy atom. The fourth-order valence-corrected chi connectivity index (χ4v) is 3.70. The summed E-state index contributed by atoms with van der Waals surface area (Å²) in [6, 6.07) is 11.5. The zero-order valence-electron chi connectivity index (χ0n) is 13.2. The number of aromatic nitrogens is 1. The van der Waals surface area contributed by atoms with Gasteiger partial charge in [0.25, 0.3) is 0 Å². The number of hydrogen-bond acceptors (Lipinski definition) is 2. The third kappa shape index (κ3) is 3.26. The predicted octanol–water partition coefficient (Wildman–Crippen LogP) is 4.51. The van der Waals surface area contributed by atoms with E-state index in [4.69, 9.17) is 0 Å². The summed E-state index contributed by atoms with van der Waals surface area (Å²) < 4.78 is 0. The van der Waals surface area contributed by atoms with Crippen LogP contribution in [0.3, 0.4) is 0 Å². The highest BCUT2D eigenvalue weighted by atomic mass is 14.9. The maximum absolute atomic E-state index is 4.52. The number of pyridine rings is 1. The van der Waals surface area contributed by atoms with Crippen LogP contribution in [0.4, 0.5) is 0 Å². The van der Waals surface area contributed by atoms with Gasteiger partial charge in [-0.15, -0.1) is 0 Å². The molecule has 0 amide bonds. The second kappa shape index (κ2) is 6.57. The van der Waals surface area contributed by atoms with Crippen molar-refractivity contribution in [3.63, 3.8) is 0 Å². The van der Waals surface area contributed by atoms with E-state index in [9.17, 15) is 0 Å². The van der Waals surface area contributed by atoms with Crippen LogP contribution in [-0.2, 0) is 0 Å². The maximum Gasteiger partial charge on any atom is 0.0704 e. The summed E-state index contributed by atoms with van der Waals surface area (Å²) in [5.74, 6) is 1.44. The normalized spacial score (nSPS) is 22.8. The van der Waals surface area contributed by atoms with Crippen molar-refractivity contribution in [2.75, 3.05) is 6.54 Å². The van der Waals surface area contributed by atoms with Crippen molar-refractivity contribution >= 4 is 10.9 Å². The zero-order chi connectivity index (χ0) is 14.7. The molecule has 0 spiro atoms. The Bertz CT molecular complexity index is 586. The predicted molar refractivity (Wildman–Crippen MR) is 89.6 cm³/mol. The van der Waals surface area contributed by atoms with Crippen molar-refractivity contribution in [1.82, 2.24) is 10.3 Å². The molecular weight excluding hydrogens is 256 g/mol. The molecule has 2 nitrogen and oxygen atoms in total. The van der Waals surface area contributed by atoms with Gasteiger partial charge in [-0.1, -0.05) is 44.9 Å². The minimum atomic E-state index is 0.571. The average Bonchev–Trinajstić information content (AvgIpc) is 2.53. The molecule has 2 aromatic rings. The Balaban J connectivity index is 1.91. The van der Waals surface area contributed by atoms with Crippen LogP contribution in [0.1, 0.15) is 51.0 Å². The van der Waals surface area contributed by atoms with Gasteiger partial charge in [0.05, 0.1) is 5.52 Å². The number of fused-ring (bicyclic) bond motifs is 1. The molecule has 1 saturated carbocycles. The lowest BCUT2D eigenvalue weighted by molar-refractivity contribution is 0.290. The number of benzene rings is 1. The van der Waals surface area contributed by atoms with Gasteiger partial charge in [0.1, 0.15) is 0 Å². The first-order valence-electron chi connectivity index (χ1n) is 8.32. The molecule has 0 bridgehead atoms. The summed E-state index contributed by atoms with van der Waals surface area (Å²) in [6.45, 7) is 5.61. The summed E-state index contributed by atoms with van der Waals surface area (Å²) in [7, 11) is 0. The minimum Gasteiger partial charge on any atom is -0.314 e. The lowest BCUT2D eigenvalue weighted by atomic mass is 9.74. The highest BCUT2D eigenvalue weighted by molar-refractivity contribution is 5.82. The molecule has 0 aliphatic heterocycles. The number of rotatable bonds is 4.